The van der Waals surface area contributed by atoms with Gasteiger partial charge in [-0.3, -0.25) is 14.4 Å². The number of hydrogen-bond donors (Lipinski definition) is 2. The van der Waals surface area contributed by atoms with E-state index in [0.29, 0.717) is 36.3 Å². The number of ether oxygens (including phenoxy) is 2. The largest absolute Gasteiger partial charge is 0.507 e. The molecule has 0 aromatic heterocycles. The van der Waals surface area contributed by atoms with Gasteiger partial charge in [-0.1, -0.05) is 18.6 Å². The summed E-state index contributed by atoms with van der Waals surface area (Å²) in [7, 11) is 2.90. The van der Waals surface area contributed by atoms with Gasteiger partial charge in [-0.05, 0) is 48.7 Å². The van der Waals surface area contributed by atoms with Crippen LogP contribution in [-0.4, -0.2) is 53.5 Å². The maximum atomic E-state index is 13.6. The lowest BCUT2D eigenvalue weighted by molar-refractivity contribution is -0.140. The van der Waals surface area contributed by atoms with Gasteiger partial charge in [0.25, 0.3) is 11.7 Å². The number of nitrogens with zero attached hydrogens (tertiary/aromatic N) is 1. The van der Waals surface area contributed by atoms with Crippen molar-refractivity contribution in [2.45, 2.75) is 31.7 Å². The standard InChI is InChI=1S/C25H26FNO7/c1-33-18-12-9-16(14-19(18)34-2)23(30)21-22(15-7-10-17(26)11-8-15)27(25(32)24(21)31)13-5-3-4-6-20(28)29/h7-12,14,22,30H,3-6,13H2,1-2H3,(H,28,29)/t22-/m0/s1. The van der Waals surface area contributed by atoms with E-state index in [9.17, 15) is 23.9 Å². The molecule has 1 atom stereocenters. The Morgan fingerprint density at radius 3 is 2.26 bits per heavy atom. The van der Waals surface area contributed by atoms with Crippen molar-refractivity contribution >= 4 is 23.4 Å². The number of likely N-dealkylation sites (tertiary alicyclic amines) is 1. The van der Waals surface area contributed by atoms with Gasteiger partial charge in [-0.2, -0.15) is 0 Å². The number of benzene rings is 2. The van der Waals surface area contributed by atoms with E-state index >= 15 is 0 Å². The van der Waals surface area contributed by atoms with Crippen molar-refractivity contribution in [3.63, 3.8) is 0 Å². The average molecular weight is 471 g/mol. The predicted molar refractivity (Wildman–Crippen MR) is 121 cm³/mol. The molecule has 1 amide bonds. The highest BCUT2D eigenvalue weighted by Crippen LogP contribution is 2.40. The van der Waals surface area contributed by atoms with Gasteiger partial charge < -0.3 is 24.6 Å². The molecule has 8 nitrogen and oxygen atoms in total. The first-order valence-corrected chi connectivity index (χ1v) is 10.8. The van der Waals surface area contributed by atoms with E-state index in [1.54, 1.807) is 6.07 Å². The maximum Gasteiger partial charge on any atom is 0.303 e. The molecule has 1 aliphatic heterocycles. The molecule has 2 N–H and O–H groups in total. The van der Waals surface area contributed by atoms with Crippen LogP contribution < -0.4 is 9.47 Å². The lowest BCUT2D eigenvalue weighted by Gasteiger charge is -2.25. The monoisotopic (exact) mass is 471 g/mol. The van der Waals surface area contributed by atoms with Crippen LogP contribution in [0.5, 0.6) is 11.5 Å². The zero-order chi connectivity index (χ0) is 24.8. The zero-order valence-corrected chi connectivity index (χ0v) is 18.9. The Balaban J connectivity index is 2.01. The summed E-state index contributed by atoms with van der Waals surface area (Å²) in [6.45, 7) is 0.176. The van der Waals surface area contributed by atoms with E-state index in [4.69, 9.17) is 14.6 Å². The Hall–Kier alpha value is -3.88. The second-order valence-electron chi connectivity index (χ2n) is 7.82. The van der Waals surface area contributed by atoms with Crippen molar-refractivity contribution in [3.05, 3.63) is 65.0 Å². The molecule has 9 heteroatoms. The molecular formula is C25H26FNO7. The molecule has 1 aliphatic rings. The minimum atomic E-state index is -0.923. The molecule has 2 aromatic carbocycles. The van der Waals surface area contributed by atoms with E-state index in [1.165, 1.54) is 55.5 Å². The summed E-state index contributed by atoms with van der Waals surface area (Å²) in [6.07, 6.45) is 1.46. The van der Waals surface area contributed by atoms with Crippen molar-refractivity contribution in [1.82, 2.24) is 4.90 Å². The summed E-state index contributed by atoms with van der Waals surface area (Å²) < 4.78 is 24.0. The summed E-state index contributed by atoms with van der Waals surface area (Å²) in [5.74, 6) is -2.65. The zero-order valence-electron chi connectivity index (χ0n) is 18.9. The molecule has 0 unspecified atom stereocenters. The Kier molecular flexibility index (Phi) is 7.88. The van der Waals surface area contributed by atoms with Crippen molar-refractivity contribution in [1.29, 1.82) is 0 Å². The quantitative estimate of drug-likeness (QED) is 0.234. The van der Waals surface area contributed by atoms with Gasteiger partial charge in [0.15, 0.2) is 11.5 Å². The Morgan fingerprint density at radius 2 is 1.65 bits per heavy atom. The summed E-state index contributed by atoms with van der Waals surface area (Å²) in [6, 6.07) is 9.05. The van der Waals surface area contributed by atoms with E-state index in [0.717, 1.165) is 0 Å². The highest BCUT2D eigenvalue weighted by Gasteiger charge is 2.45. The number of amides is 1. The summed E-state index contributed by atoms with van der Waals surface area (Å²) >= 11 is 0. The highest BCUT2D eigenvalue weighted by molar-refractivity contribution is 6.46. The molecule has 180 valence electrons. The number of carboxylic acid groups (broad SMARTS) is 1. The van der Waals surface area contributed by atoms with E-state index in [-0.39, 0.29) is 29.9 Å². The number of Topliss-reactive ketones (excluding diaryl/α,β-unsaturated/α-hetero) is 1. The molecule has 1 fully saturated rings. The normalized spacial score (nSPS) is 17.1. The van der Waals surface area contributed by atoms with Gasteiger partial charge in [-0.25, -0.2) is 4.39 Å². The fourth-order valence-corrected chi connectivity index (χ4v) is 3.98. The smallest absolute Gasteiger partial charge is 0.303 e. The lowest BCUT2D eigenvalue weighted by Crippen LogP contribution is -2.30. The first kappa shape index (κ1) is 24.8. The summed E-state index contributed by atoms with van der Waals surface area (Å²) in [5.41, 5.74) is 0.603. The summed E-state index contributed by atoms with van der Waals surface area (Å²) in [5, 5.41) is 19.9. The molecule has 0 aliphatic carbocycles. The van der Waals surface area contributed by atoms with Crippen molar-refractivity contribution in [3.8, 4) is 11.5 Å². The molecule has 1 heterocycles. The molecule has 0 radical (unpaired) electrons. The topological polar surface area (TPSA) is 113 Å². The molecule has 34 heavy (non-hydrogen) atoms. The van der Waals surface area contributed by atoms with Crippen LogP contribution in [0.15, 0.2) is 48.0 Å². The number of hydrogen-bond acceptors (Lipinski definition) is 6. The minimum Gasteiger partial charge on any atom is -0.507 e. The Bertz CT molecular complexity index is 1110. The fourth-order valence-electron chi connectivity index (χ4n) is 3.98. The summed E-state index contributed by atoms with van der Waals surface area (Å²) in [4.78, 5) is 38.0. The van der Waals surface area contributed by atoms with E-state index in [2.05, 4.69) is 0 Å². The molecule has 3 rings (SSSR count). The second-order valence-corrected chi connectivity index (χ2v) is 7.82. The lowest BCUT2D eigenvalue weighted by atomic mass is 9.95. The van der Waals surface area contributed by atoms with Gasteiger partial charge in [0.1, 0.15) is 11.6 Å². The van der Waals surface area contributed by atoms with E-state index in [1.807, 2.05) is 0 Å². The SMILES string of the molecule is COc1ccc(C(O)=C2C(=O)C(=O)N(CCCCCC(=O)O)[C@H]2c2ccc(F)cc2)cc1OC. The third-order valence-electron chi connectivity index (χ3n) is 5.67. The van der Waals surface area contributed by atoms with Crippen molar-refractivity contribution in [2.75, 3.05) is 20.8 Å². The fraction of sp³-hybridized carbons (Fsp3) is 0.320. The van der Waals surface area contributed by atoms with Crippen molar-refractivity contribution in [2.24, 2.45) is 0 Å². The number of aliphatic carboxylic acids is 1. The van der Waals surface area contributed by atoms with Crippen LogP contribution in [0.3, 0.4) is 0 Å². The van der Waals surface area contributed by atoms with Crippen LogP contribution in [0, 0.1) is 5.82 Å². The predicted octanol–water partition coefficient (Wildman–Crippen LogP) is 3.91. The third-order valence-corrected chi connectivity index (χ3v) is 5.67. The van der Waals surface area contributed by atoms with Crippen LogP contribution in [0.2, 0.25) is 0 Å². The number of aliphatic hydroxyl groups excluding tert-OH is 1. The van der Waals surface area contributed by atoms with Gasteiger partial charge in [0.05, 0.1) is 25.8 Å². The molecule has 1 saturated heterocycles. The number of aliphatic hydroxyl groups is 1. The number of unbranched alkanes of at least 4 members (excludes halogenated alkanes) is 2. The van der Waals surface area contributed by atoms with Gasteiger partial charge in [0.2, 0.25) is 0 Å². The minimum absolute atomic E-state index is 0.0134. The maximum absolute atomic E-state index is 13.6. The number of carboxylic acids is 1. The van der Waals surface area contributed by atoms with Crippen LogP contribution in [0.4, 0.5) is 4.39 Å². The number of methoxy groups -OCH3 is 2. The molecule has 2 aromatic rings. The molecule has 0 saturated carbocycles. The number of carbonyl (C=O) groups excluding carboxylic acids is 2. The van der Waals surface area contributed by atoms with Gasteiger partial charge in [0, 0.05) is 18.5 Å². The molecular weight excluding hydrogens is 445 g/mol. The Labute approximate surface area is 196 Å². The first-order chi connectivity index (χ1) is 16.3. The van der Waals surface area contributed by atoms with Crippen LogP contribution in [-0.2, 0) is 14.4 Å². The number of rotatable bonds is 10. The van der Waals surface area contributed by atoms with Gasteiger partial charge >= 0.3 is 5.97 Å². The van der Waals surface area contributed by atoms with Gasteiger partial charge in [-0.15, -0.1) is 0 Å². The van der Waals surface area contributed by atoms with Crippen LogP contribution >= 0.6 is 0 Å². The second kappa shape index (κ2) is 10.8. The average Bonchev–Trinajstić information content (AvgIpc) is 3.08. The first-order valence-electron chi connectivity index (χ1n) is 10.8. The Morgan fingerprint density at radius 1 is 0.971 bits per heavy atom. The number of ketones is 1. The number of halogens is 1. The van der Waals surface area contributed by atoms with E-state index < -0.39 is 29.5 Å². The molecule has 0 spiro atoms. The third kappa shape index (κ3) is 5.19. The van der Waals surface area contributed by atoms with Crippen molar-refractivity contribution < 1.29 is 38.5 Å². The molecule has 0 bridgehead atoms. The number of carbonyl (C=O) groups is 3. The highest BCUT2D eigenvalue weighted by atomic mass is 19.1. The van der Waals surface area contributed by atoms with Crippen LogP contribution in [0.25, 0.3) is 5.76 Å². The van der Waals surface area contributed by atoms with Crippen LogP contribution in [0.1, 0.15) is 42.9 Å².